The molecule has 1 aliphatic heterocycles. The van der Waals surface area contributed by atoms with E-state index in [0.717, 1.165) is 17.7 Å². The molecule has 2 aromatic rings. The zero-order valence-corrected chi connectivity index (χ0v) is 15.4. The normalized spacial score (nSPS) is 14.5. The molecule has 0 saturated heterocycles. The summed E-state index contributed by atoms with van der Waals surface area (Å²) in [6, 6.07) is 12.5. The standard InChI is InChI=1S/C20H20ClN3O2/c1-3-10-22-19(25)13-4-9-17-16(11-13)18(20(26)24-17)12(2)23-15-7-5-14(21)6-8-15/h4-9,11,23H,3,10H2,1-2H3,(H,22,25)(H,24,26)/b18-12-. The van der Waals surface area contributed by atoms with Crippen LogP contribution in [0, 0.1) is 0 Å². The Balaban J connectivity index is 1.93. The van der Waals surface area contributed by atoms with Gasteiger partial charge in [-0.2, -0.15) is 0 Å². The van der Waals surface area contributed by atoms with Gasteiger partial charge in [0.15, 0.2) is 0 Å². The summed E-state index contributed by atoms with van der Waals surface area (Å²) in [4.78, 5) is 24.7. The molecule has 5 nitrogen and oxygen atoms in total. The van der Waals surface area contributed by atoms with Gasteiger partial charge >= 0.3 is 0 Å². The highest BCUT2D eigenvalue weighted by atomic mass is 35.5. The molecule has 0 spiro atoms. The third kappa shape index (κ3) is 3.73. The minimum Gasteiger partial charge on any atom is -0.358 e. The van der Waals surface area contributed by atoms with Crippen LogP contribution in [0.15, 0.2) is 48.2 Å². The van der Waals surface area contributed by atoms with Gasteiger partial charge in [0.25, 0.3) is 11.8 Å². The van der Waals surface area contributed by atoms with E-state index in [4.69, 9.17) is 11.6 Å². The number of halogens is 1. The van der Waals surface area contributed by atoms with E-state index >= 15 is 0 Å². The first-order chi connectivity index (χ1) is 12.5. The van der Waals surface area contributed by atoms with Crippen LogP contribution >= 0.6 is 11.6 Å². The van der Waals surface area contributed by atoms with Crippen molar-refractivity contribution >= 4 is 40.4 Å². The minimum atomic E-state index is -0.190. The van der Waals surface area contributed by atoms with Gasteiger partial charge in [-0.25, -0.2) is 0 Å². The number of carbonyl (C=O) groups is 2. The summed E-state index contributed by atoms with van der Waals surface area (Å²) in [7, 11) is 0. The predicted octanol–water partition coefficient (Wildman–Crippen LogP) is 4.28. The number of carbonyl (C=O) groups excluding carboxylic acids is 2. The molecule has 0 unspecified atom stereocenters. The Morgan fingerprint density at radius 3 is 2.58 bits per heavy atom. The highest BCUT2D eigenvalue weighted by molar-refractivity contribution is 6.32. The number of anilines is 2. The second-order valence-electron chi connectivity index (χ2n) is 6.10. The van der Waals surface area contributed by atoms with Gasteiger partial charge < -0.3 is 16.0 Å². The van der Waals surface area contributed by atoms with Gasteiger partial charge in [0.1, 0.15) is 0 Å². The maximum atomic E-state index is 12.4. The monoisotopic (exact) mass is 369 g/mol. The van der Waals surface area contributed by atoms with E-state index < -0.39 is 0 Å². The zero-order valence-electron chi connectivity index (χ0n) is 14.7. The number of nitrogens with one attached hydrogen (secondary N) is 3. The molecule has 0 bridgehead atoms. The Bertz CT molecular complexity index is 888. The van der Waals surface area contributed by atoms with E-state index in [-0.39, 0.29) is 11.8 Å². The molecule has 3 rings (SSSR count). The fourth-order valence-electron chi connectivity index (χ4n) is 2.83. The maximum Gasteiger partial charge on any atom is 0.258 e. The summed E-state index contributed by atoms with van der Waals surface area (Å²) >= 11 is 5.91. The maximum absolute atomic E-state index is 12.4. The number of hydrogen-bond acceptors (Lipinski definition) is 3. The van der Waals surface area contributed by atoms with Gasteiger partial charge in [-0.05, 0) is 55.8 Å². The Morgan fingerprint density at radius 1 is 1.15 bits per heavy atom. The van der Waals surface area contributed by atoms with Crippen LogP contribution in [-0.4, -0.2) is 18.4 Å². The Kier molecular flexibility index (Phi) is 5.28. The molecule has 26 heavy (non-hydrogen) atoms. The fraction of sp³-hybridized carbons (Fsp3) is 0.200. The highest BCUT2D eigenvalue weighted by Gasteiger charge is 2.27. The smallest absolute Gasteiger partial charge is 0.258 e. The Labute approximate surface area is 157 Å². The molecule has 3 N–H and O–H groups in total. The van der Waals surface area contributed by atoms with Crippen molar-refractivity contribution in [3.05, 3.63) is 64.3 Å². The quantitative estimate of drug-likeness (QED) is 0.689. The molecular weight excluding hydrogens is 350 g/mol. The summed E-state index contributed by atoms with van der Waals surface area (Å²) in [5, 5.41) is 9.57. The number of hydrogen-bond donors (Lipinski definition) is 3. The lowest BCUT2D eigenvalue weighted by Gasteiger charge is -2.10. The Hall–Kier alpha value is -2.79. The van der Waals surface area contributed by atoms with Crippen LogP contribution in [0.5, 0.6) is 0 Å². The van der Waals surface area contributed by atoms with Gasteiger partial charge in [0.05, 0.1) is 5.57 Å². The van der Waals surface area contributed by atoms with Crippen LogP contribution in [-0.2, 0) is 4.79 Å². The molecule has 0 aliphatic carbocycles. The molecule has 1 aliphatic rings. The van der Waals surface area contributed by atoms with Gasteiger partial charge in [-0.15, -0.1) is 0 Å². The molecule has 134 valence electrons. The molecule has 2 aromatic carbocycles. The second-order valence-corrected chi connectivity index (χ2v) is 6.54. The third-order valence-corrected chi connectivity index (χ3v) is 4.36. The predicted molar refractivity (Wildman–Crippen MR) is 105 cm³/mol. The lowest BCUT2D eigenvalue weighted by molar-refractivity contribution is -0.110. The molecule has 6 heteroatoms. The molecule has 0 aromatic heterocycles. The van der Waals surface area contributed by atoms with Gasteiger partial charge in [-0.3, -0.25) is 9.59 Å². The van der Waals surface area contributed by atoms with Crippen molar-refractivity contribution in [1.82, 2.24) is 5.32 Å². The molecule has 0 fully saturated rings. The SMILES string of the molecule is CCCNC(=O)c1ccc2c(c1)/C(=C(\C)Nc1ccc(Cl)cc1)C(=O)N2. The van der Waals surface area contributed by atoms with E-state index in [1.54, 1.807) is 30.3 Å². The second kappa shape index (κ2) is 7.62. The molecule has 0 atom stereocenters. The van der Waals surface area contributed by atoms with Gasteiger partial charge in [-0.1, -0.05) is 18.5 Å². The van der Waals surface area contributed by atoms with Crippen molar-refractivity contribution in [3.63, 3.8) is 0 Å². The van der Waals surface area contributed by atoms with E-state index in [1.165, 1.54) is 0 Å². The first-order valence-electron chi connectivity index (χ1n) is 8.47. The number of fused-ring (bicyclic) bond motifs is 1. The summed E-state index contributed by atoms with van der Waals surface area (Å²) < 4.78 is 0. The van der Waals surface area contributed by atoms with Crippen LogP contribution in [0.3, 0.4) is 0 Å². The first kappa shape index (κ1) is 18.0. The fourth-order valence-corrected chi connectivity index (χ4v) is 2.96. The van der Waals surface area contributed by atoms with E-state index in [9.17, 15) is 9.59 Å². The van der Waals surface area contributed by atoms with Crippen molar-refractivity contribution in [3.8, 4) is 0 Å². The van der Waals surface area contributed by atoms with Crippen molar-refractivity contribution in [2.45, 2.75) is 20.3 Å². The van der Waals surface area contributed by atoms with Crippen LogP contribution in [0.25, 0.3) is 5.57 Å². The summed E-state index contributed by atoms with van der Waals surface area (Å²) in [6.07, 6.45) is 0.867. The van der Waals surface area contributed by atoms with E-state index in [1.807, 2.05) is 26.0 Å². The van der Waals surface area contributed by atoms with Crippen molar-refractivity contribution < 1.29 is 9.59 Å². The topological polar surface area (TPSA) is 70.2 Å². The number of rotatable bonds is 5. The van der Waals surface area contributed by atoms with Crippen LogP contribution in [0.1, 0.15) is 36.2 Å². The van der Waals surface area contributed by atoms with Crippen LogP contribution < -0.4 is 16.0 Å². The number of benzene rings is 2. The minimum absolute atomic E-state index is 0.142. The molecular formula is C20H20ClN3O2. The zero-order chi connectivity index (χ0) is 18.7. The van der Waals surface area contributed by atoms with Gasteiger partial charge in [0.2, 0.25) is 0 Å². The number of amides is 2. The first-order valence-corrected chi connectivity index (χ1v) is 8.85. The van der Waals surface area contributed by atoms with Crippen molar-refractivity contribution in [2.24, 2.45) is 0 Å². The van der Waals surface area contributed by atoms with Crippen molar-refractivity contribution in [2.75, 3.05) is 17.2 Å². The van der Waals surface area contributed by atoms with Crippen LogP contribution in [0.4, 0.5) is 11.4 Å². The van der Waals surface area contributed by atoms with Crippen LogP contribution in [0.2, 0.25) is 5.02 Å². The summed E-state index contributed by atoms with van der Waals surface area (Å²) in [6.45, 7) is 4.45. The lowest BCUT2D eigenvalue weighted by Crippen LogP contribution is -2.23. The average molecular weight is 370 g/mol. The summed E-state index contributed by atoms with van der Waals surface area (Å²) in [5.74, 6) is -0.332. The number of allylic oxidation sites excluding steroid dienone is 1. The Morgan fingerprint density at radius 2 is 1.88 bits per heavy atom. The average Bonchev–Trinajstić information content (AvgIpc) is 2.96. The summed E-state index contributed by atoms with van der Waals surface area (Å²) in [5.41, 5.74) is 4.02. The van der Waals surface area contributed by atoms with Gasteiger partial charge in [0, 0.05) is 39.8 Å². The van der Waals surface area contributed by atoms with E-state index in [0.29, 0.717) is 34.1 Å². The highest BCUT2D eigenvalue weighted by Crippen LogP contribution is 2.35. The molecule has 0 saturated carbocycles. The van der Waals surface area contributed by atoms with E-state index in [2.05, 4.69) is 16.0 Å². The third-order valence-electron chi connectivity index (χ3n) is 4.11. The largest absolute Gasteiger partial charge is 0.358 e. The lowest BCUT2D eigenvalue weighted by atomic mass is 10.0. The van der Waals surface area contributed by atoms with Crippen molar-refractivity contribution in [1.29, 1.82) is 0 Å². The molecule has 1 heterocycles. The molecule has 2 amide bonds. The molecule has 0 radical (unpaired) electrons.